The van der Waals surface area contributed by atoms with Gasteiger partial charge in [-0.25, -0.2) is 4.39 Å². The molecule has 0 radical (unpaired) electrons. The van der Waals surface area contributed by atoms with Crippen LogP contribution in [0.15, 0.2) is 115 Å². The number of halogens is 1. The fourth-order valence-corrected chi connectivity index (χ4v) is 4.25. The van der Waals surface area contributed by atoms with Gasteiger partial charge in [0.25, 0.3) is 5.91 Å². The minimum Gasteiger partial charge on any atom is -0.497 e. The summed E-state index contributed by atoms with van der Waals surface area (Å²) < 4.78 is 32.9. The summed E-state index contributed by atoms with van der Waals surface area (Å²) in [5, 5.41) is 9.40. The van der Waals surface area contributed by atoms with E-state index < -0.39 is 11.7 Å². The Morgan fingerprint density at radius 1 is 0.636 bits per heavy atom. The number of carbonyl (C=O) groups is 1. The molecule has 0 spiro atoms. The van der Waals surface area contributed by atoms with Crippen LogP contribution < -0.4 is 25.4 Å². The second-order valence-corrected chi connectivity index (χ2v) is 10.0. The van der Waals surface area contributed by atoms with Crippen LogP contribution in [0, 0.1) is 5.82 Å². The number of hydrogen-bond donors (Lipinski definition) is 3. The van der Waals surface area contributed by atoms with E-state index in [1.54, 1.807) is 12.3 Å². The molecule has 3 N–H and O–H groups in total. The summed E-state index contributed by atoms with van der Waals surface area (Å²) in [6.07, 6.45) is 4.60. The molecule has 7 nitrogen and oxygen atoms in total. The normalized spacial score (nSPS) is 10.9. The Morgan fingerprint density at radius 3 is 1.82 bits per heavy atom. The molecule has 8 heteroatoms. The number of rotatable bonds is 19. The molecule has 0 aliphatic heterocycles. The molecule has 230 valence electrons. The average molecular weight is 598 g/mol. The zero-order valence-corrected chi connectivity index (χ0v) is 24.8. The number of amides is 1. The molecule has 0 unspecified atom stereocenters. The summed E-state index contributed by atoms with van der Waals surface area (Å²) in [6.45, 7) is 4.22. The fraction of sp³-hybridized carbons (Fsp3) is 0.250. The molecule has 4 aromatic rings. The molecule has 4 aromatic carbocycles. The van der Waals surface area contributed by atoms with Crippen LogP contribution in [0.3, 0.4) is 0 Å². The fourth-order valence-electron chi connectivity index (χ4n) is 4.25. The SMILES string of the molecule is O=C(NCCNCCNCC/C=C/OCc1ccccc1)c1ccc(OCc2ccccc2)c(OCc2ccccc2)c1F. The highest BCUT2D eigenvalue weighted by atomic mass is 19.1. The van der Waals surface area contributed by atoms with Gasteiger partial charge in [-0.05, 0) is 47.9 Å². The molecular weight excluding hydrogens is 557 g/mol. The van der Waals surface area contributed by atoms with Crippen molar-refractivity contribution in [2.45, 2.75) is 26.2 Å². The van der Waals surface area contributed by atoms with E-state index in [-0.39, 0.29) is 30.3 Å². The van der Waals surface area contributed by atoms with Gasteiger partial charge in [0.05, 0.1) is 11.8 Å². The van der Waals surface area contributed by atoms with Crippen LogP contribution in [-0.2, 0) is 24.6 Å². The first-order valence-corrected chi connectivity index (χ1v) is 14.9. The Labute approximate surface area is 259 Å². The number of nitrogens with one attached hydrogen (secondary N) is 3. The zero-order chi connectivity index (χ0) is 30.7. The minimum absolute atomic E-state index is 0.0840. The topological polar surface area (TPSA) is 80.9 Å². The van der Waals surface area contributed by atoms with E-state index in [4.69, 9.17) is 14.2 Å². The van der Waals surface area contributed by atoms with Crippen LogP contribution >= 0.6 is 0 Å². The molecule has 1 amide bonds. The van der Waals surface area contributed by atoms with Gasteiger partial charge in [-0.3, -0.25) is 4.79 Å². The highest BCUT2D eigenvalue weighted by Crippen LogP contribution is 2.34. The molecule has 0 bridgehead atoms. The molecule has 0 aliphatic carbocycles. The van der Waals surface area contributed by atoms with Crippen LogP contribution in [0.25, 0.3) is 0 Å². The minimum atomic E-state index is -0.749. The highest BCUT2D eigenvalue weighted by molar-refractivity contribution is 5.95. The summed E-state index contributed by atoms with van der Waals surface area (Å²) in [5.41, 5.74) is 2.86. The standard InChI is InChI=1S/C36H40FN3O4/c37-34-32(36(41)40-24-23-39-22-21-38-20-10-11-25-42-26-29-12-4-1-5-13-29)18-19-33(43-27-30-14-6-2-7-15-30)35(34)44-28-31-16-8-3-9-17-31/h1-9,11-19,25,38-39H,10,20-24,26-28H2,(H,40,41)/b25-11+. The maximum atomic E-state index is 15.6. The molecule has 4 rings (SSSR count). The summed E-state index contributed by atoms with van der Waals surface area (Å²) in [7, 11) is 0. The van der Waals surface area contributed by atoms with E-state index in [1.807, 2.05) is 97.1 Å². The molecule has 0 atom stereocenters. The monoisotopic (exact) mass is 597 g/mol. The van der Waals surface area contributed by atoms with Crippen molar-refractivity contribution in [1.29, 1.82) is 0 Å². The molecule has 0 aliphatic rings. The van der Waals surface area contributed by atoms with Crippen molar-refractivity contribution in [2.75, 3.05) is 32.7 Å². The van der Waals surface area contributed by atoms with Gasteiger partial charge in [0.2, 0.25) is 0 Å². The first-order valence-electron chi connectivity index (χ1n) is 14.9. The van der Waals surface area contributed by atoms with Gasteiger partial charge in [-0.2, -0.15) is 0 Å². The van der Waals surface area contributed by atoms with E-state index >= 15 is 4.39 Å². The van der Waals surface area contributed by atoms with Crippen LogP contribution in [0.5, 0.6) is 11.5 Å². The molecule has 0 fully saturated rings. The Kier molecular flexibility index (Phi) is 13.8. The second kappa shape index (κ2) is 18.8. The van der Waals surface area contributed by atoms with Crippen molar-refractivity contribution in [3.05, 3.63) is 144 Å². The maximum absolute atomic E-state index is 15.6. The van der Waals surface area contributed by atoms with Crippen molar-refractivity contribution in [2.24, 2.45) is 0 Å². The quantitative estimate of drug-likeness (QED) is 0.0907. The first kappa shape index (κ1) is 32.3. The maximum Gasteiger partial charge on any atom is 0.254 e. The molecule has 0 saturated heterocycles. The third kappa shape index (κ3) is 11.2. The Hall–Kier alpha value is -4.66. The van der Waals surface area contributed by atoms with Crippen LogP contribution in [-0.4, -0.2) is 38.6 Å². The third-order valence-corrected chi connectivity index (χ3v) is 6.61. The van der Waals surface area contributed by atoms with Crippen molar-refractivity contribution >= 4 is 5.91 Å². The smallest absolute Gasteiger partial charge is 0.254 e. The molecular formula is C36H40FN3O4. The second-order valence-electron chi connectivity index (χ2n) is 10.0. The first-order chi connectivity index (χ1) is 21.7. The van der Waals surface area contributed by atoms with Crippen LogP contribution in [0.4, 0.5) is 4.39 Å². The number of carbonyl (C=O) groups excluding carboxylic acids is 1. The van der Waals surface area contributed by atoms with Gasteiger partial charge in [0, 0.05) is 26.2 Å². The Balaban J connectivity index is 1.16. The van der Waals surface area contributed by atoms with E-state index in [9.17, 15) is 4.79 Å². The third-order valence-electron chi connectivity index (χ3n) is 6.61. The lowest BCUT2D eigenvalue weighted by Crippen LogP contribution is -2.35. The van der Waals surface area contributed by atoms with Gasteiger partial charge < -0.3 is 30.2 Å². The highest BCUT2D eigenvalue weighted by Gasteiger charge is 2.21. The van der Waals surface area contributed by atoms with E-state index in [1.165, 1.54) is 6.07 Å². The summed E-state index contributed by atoms with van der Waals surface area (Å²) >= 11 is 0. The molecule has 0 aromatic heterocycles. The lowest BCUT2D eigenvalue weighted by molar-refractivity contribution is 0.0948. The number of benzene rings is 4. The van der Waals surface area contributed by atoms with Crippen molar-refractivity contribution < 1.29 is 23.4 Å². The van der Waals surface area contributed by atoms with Crippen molar-refractivity contribution in [3.8, 4) is 11.5 Å². The van der Waals surface area contributed by atoms with Gasteiger partial charge in [0.1, 0.15) is 19.8 Å². The average Bonchev–Trinajstić information content (AvgIpc) is 3.06. The zero-order valence-electron chi connectivity index (χ0n) is 24.8. The largest absolute Gasteiger partial charge is 0.497 e. The molecule has 0 heterocycles. The molecule has 0 saturated carbocycles. The van der Waals surface area contributed by atoms with Gasteiger partial charge in [-0.15, -0.1) is 0 Å². The van der Waals surface area contributed by atoms with E-state index in [0.29, 0.717) is 19.7 Å². The Bertz CT molecular complexity index is 1420. The molecule has 44 heavy (non-hydrogen) atoms. The van der Waals surface area contributed by atoms with E-state index in [0.717, 1.165) is 42.7 Å². The lowest BCUT2D eigenvalue weighted by Gasteiger charge is -2.16. The number of hydrogen-bond acceptors (Lipinski definition) is 6. The van der Waals surface area contributed by atoms with Crippen LogP contribution in [0.1, 0.15) is 33.5 Å². The predicted octanol–water partition coefficient (Wildman–Crippen LogP) is 6.01. The van der Waals surface area contributed by atoms with Crippen LogP contribution in [0.2, 0.25) is 0 Å². The van der Waals surface area contributed by atoms with Gasteiger partial charge in [0.15, 0.2) is 17.3 Å². The van der Waals surface area contributed by atoms with Crippen molar-refractivity contribution in [1.82, 2.24) is 16.0 Å². The predicted molar refractivity (Wildman–Crippen MR) is 171 cm³/mol. The Morgan fingerprint density at radius 2 is 1.18 bits per heavy atom. The number of ether oxygens (including phenoxy) is 3. The summed E-state index contributed by atoms with van der Waals surface area (Å²) in [5.74, 6) is -1.11. The van der Waals surface area contributed by atoms with E-state index in [2.05, 4.69) is 16.0 Å². The van der Waals surface area contributed by atoms with Gasteiger partial charge in [-0.1, -0.05) is 91.0 Å². The van der Waals surface area contributed by atoms with Crippen molar-refractivity contribution in [3.63, 3.8) is 0 Å². The summed E-state index contributed by atoms with van der Waals surface area (Å²) in [6, 6.07) is 32.1. The van der Waals surface area contributed by atoms with Gasteiger partial charge >= 0.3 is 0 Å². The summed E-state index contributed by atoms with van der Waals surface area (Å²) in [4.78, 5) is 12.8. The lowest BCUT2D eigenvalue weighted by atomic mass is 10.1.